The number of nitrogens with zero attached hydrogens (tertiary/aromatic N) is 1. The minimum atomic E-state index is -2.27. The van der Waals surface area contributed by atoms with E-state index in [0.29, 0.717) is 13.0 Å². The van der Waals surface area contributed by atoms with Crippen LogP contribution < -0.4 is 10.6 Å². The molecule has 11 heteroatoms. The maximum Gasteiger partial charge on any atom is 0.335 e. The molecule has 2 aliphatic rings. The molecule has 0 saturated carbocycles. The third-order valence-electron chi connectivity index (χ3n) is 4.95. The molecule has 6 N–H and O–H groups in total. The largest absolute Gasteiger partial charge is 0.479 e. The van der Waals surface area contributed by atoms with E-state index >= 15 is 0 Å². The molecule has 1 aromatic rings. The Kier molecular flexibility index (Phi) is 9.74. The maximum absolute atomic E-state index is 11.5. The molecule has 2 amide bonds. The summed E-state index contributed by atoms with van der Waals surface area (Å²) >= 11 is 6.35. The summed E-state index contributed by atoms with van der Waals surface area (Å²) in [5, 5.41) is 39.5. The number of carboxylic acid groups (broad SMARTS) is 2. The Labute approximate surface area is 190 Å². The molecule has 1 aromatic carbocycles. The fourth-order valence-electron chi connectivity index (χ4n) is 3.22. The van der Waals surface area contributed by atoms with Gasteiger partial charge in [-0.2, -0.15) is 0 Å². The van der Waals surface area contributed by atoms with Crippen LogP contribution in [0.5, 0.6) is 0 Å². The SMILES string of the molecule is O=C(O)[C@H](O)[C@@H](O)C(=O)O.O=C1NCCN1CCC#Cc1c(Cl)ccc2c1CCNCC2. The van der Waals surface area contributed by atoms with Crippen LogP contribution in [0.4, 0.5) is 4.79 Å². The first kappa shape index (κ1) is 25.4. The summed E-state index contributed by atoms with van der Waals surface area (Å²) in [4.78, 5) is 32.8. The molecule has 3 rings (SSSR count). The fraction of sp³-hybridized carbons (Fsp3) is 0.476. The normalized spacial score (nSPS) is 16.8. The second-order valence-electron chi connectivity index (χ2n) is 7.15. The van der Waals surface area contributed by atoms with Gasteiger partial charge < -0.3 is 36.0 Å². The lowest BCUT2D eigenvalue weighted by molar-refractivity contribution is -0.165. The van der Waals surface area contributed by atoms with Gasteiger partial charge in [-0.3, -0.25) is 0 Å². The van der Waals surface area contributed by atoms with Crippen LogP contribution in [0.3, 0.4) is 0 Å². The van der Waals surface area contributed by atoms with Crippen molar-refractivity contribution in [2.45, 2.75) is 31.5 Å². The van der Waals surface area contributed by atoms with Gasteiger partial charge in [0, 0.05) is 31.6 Å². The predicted octanol–water partition coefficient (Wildman–Crippen LogP) is -0.328. The van der Waals surface area contributed by atoms with Gasteiger partial charge in [-0.15, -0.1) is 0 Å². The standard InChI is InChI=1S/C17H20ClN3O.C4H6O6/c18-16-5-4-13-6-8-19-9-7-14(13)15(16)3-1-2-11-21-12-10-20-17(21)22;5-1(3(7)8)2(6)4(9)10/h4-5,19H,2,6-12H2,(H,20,22);1-2,5-6H,(H,7,8)(H,9,10)/t;1-,2-/m.1/s1. The lowest BCUT2D eigenvalue weighted by atomic mass is 9.97. The summed E-state index contributed by atoms with van der Waals surface area (Å²) < 4.78 is 0. The molecular formula is C21H26ClN3O7. The Morgan fingerprint density at radius 2 is 1.75 bits per heavy atom. The van der Waals surface area contributed by atoms with E-state index in [4.69, 9.17) is 32.0 Å². The lowest BCUT2D eigenvalue weighted by Crippen LogP contribution is -2.39. The molecule has 1 fully saturated rings. The van der Waals surface area contributed by atoms with Crippen molar-refractivity contribution >= 4 is 29.6 Å². The zero-order valence-electron chi connectivity index (χ0n) is 17.3. The van der Waals surface area contributed by atoms with Crippen molar-refractivity contribution in [3.05, 3.63) is 33.8 Å². The van der Waals surface area contributed by atoms with Crippen LogP contribution in [0.25, 0.3) is 0 Å². The van der Waals surface area contributed by atoms with Gasteiger partial charge in [0.25, 0.3) is 0 Å². The van der Waals surface area contributed by atoms with Gasteiger partial charge in [-0.1, -0.05) is 29.5 Å². The molecule has 10 nitrogen and oxygen atoms in total. The fourth-order valence-corrected chi connectivity index (χ4v) is 3.44. The number of carboxylic acids is 2. The highest BCUT2D eigenvalue weighted by Crippen LogP contribution is 2.24. The summed E-state index contributed by atoms with van der Waals surface area (Å²) in [5.41, 5.74) is 3.59. The van der Waals surface area contributed by atoms with Crippen LogP contribution >= 0.6 is 11.6 Å². The third-order valence-corrected chi connectivity index (χ3v) is 5.27. The monoisotopic (exact) mass is 467 g/mol. The Balaban J connectivity index is 0.000000309. The number of urea groups is 1. The van der Waals surface area contributed by atoms with Gasteiger partial charge >= 0.3 is 18.0 Å². The van der Waals surface area contributed by atoms with E-state index in [1.165, 1.54) is 11.1 Å². The van der Waals surface area contributed by atoms with Gasteiger partial charge in [-0.25, -0.2) is 14.4 Å². The molecule has 0 bridgehead atoms. The number of rotatable bonds is 5. The quantitative estimate of drug-likeness (QED) is 0.321. The van der Waals surface area contributed by atoms with Gasteiger partial charge in [0.15, 0.2) is 12.2 Å². The molecule has 2 aliphatic heterocycles. The number of halogens is 1. The number of carbonyl (C=O) groups is 3. The number of aliphatic carboxylic acids is 2. The molecule has 0 unspecified atom stereocenters. The molecule has 1 saturated heterocycles. The van der Waals surface area contributed by atoms with Crippen molar-refractivity contribution in [3.8, 4) is 11.8 Å². The number of fused-ring (bicyclic) bond motifs is 1. The van der Waals surface area contributed by atoms with Crippen molar-refractivity contribution in [1.29, 1.82) is 0 Å². The molecule has 2 heterocycles. The van der Waals surface area contributed by atoms with Crippen molar-refractivity contribution in [1.82, 2.24) is 15.5 Å². The minimum absolute atomic E-state index is 0.0134. The smallest absolute Gasteiger partial charge is 0.335 e. The van der Waals surface area contributed by atoms with E-state index in [0.717, 1.165) is 49.6 Å². The molecule has 0 aliphatic carbocycles. The van der Waals surface area contributed by atoms with Crippen LogP contribution in [-0.2, 0) is 22.4 Å². The predicted molar refractivity (Wildman–Crippen MR) is 115 cm³/mol. The van der Waals surface area contributed by atoms with Gasteiger partial charge in [0.05, 0.1) is 5.02 Å². The lowest BCUT2D eigenvalue weighted by Gasteiger charge is -2.11. The molecule has 174 valence electrons. The van der Waals surface area contributed by atoms with E-state index in [2.05, 4.69) is 28.5 Å². The average Bonchev–Trinajstić information content (AvgIpc) is 3.02. The molecule has 0 aromatic heterocycles. The first-order valence-electron chi connectivity index (χ1n) is 10.1. The third kappa shape index (κ3) is 7.10. The minimum Gasteiger partial charge on any atom is -0.479 e. The zero-order valence-corrected chi connectivity index (χ0v) is 18.1. The molecule has 2 atom stereocenters. The first-order valence-corrected chi connectivity index (χ1v) is 10.4. The average molecular weight is 468 g/mol. The zero-order chi connectivity index (χ0) is 23.7. The topological polar surface area (TPSA) is 159 Å². The Bertz CT molecular complexity index is 895. The van der Waals surface area contributed by atoms with E-state index in [9.17, 15) is 14.4 Å². The van der Waals surface area contributed by atoms with Crippen molar-refractivity contribution in [2.75, 3.05) is 32.7 Å². The van der Waals surface area contributed by atoms with E-state index in [1.807, 2.05) is 6.07 Å². The first-order chi connectivity index (χ1) is 15.2. The number of carbonyl (C=O) groups excluding carboxylic acids is 1. The highest BCUT2D eigenvalue weighted by Gasteiger charge is 2.29. The van der Waals surface area contributed by atoms with Crippen LogP contribution in [0.1, 0.15) is 23.1 Å². The molecule has 0 spiro atoms. The van der Waals surface area contributed by atoms with Crippen molar-refractivity contribution in [2.24, 2.45) is 0 Å². The van der Waals surface area contributed by atoms with Gasteiger partial charge in [-0.05, 0) is 43.1 Å². The number of benzene rings is 1. The van der Waals surface area contributed by atoms with E-state index < -0.39 is 24.1 Å². The molecule has 32 heavy (non-hydrogen) atoms. The van der Waals surface area contributed by atoms with Crippen molar-refractivity contribution < 1.29 is 34.8 Å². The number of aliphatic hydroxyl groups is 2. The van der Waals surface area contributed by atoms with Gasteiger partial charge in [0.1, 0.15) is 0 Å². The van der Waals surface area contributed by atoms with Crippen LogP contribution in [0.2, 0.25) is 5.02 Å². The number of nitrogens with one attached hydrogen (secondary N) is 2. The molecule has 0 radical (unpaired) electrons. The highest BCUT2D eigenvalue weighted by molar-refractivity contribution is 6.31. The number of hydrogen-bond donors (Lipinski definition) is 6. The molecular weight excluding hydrogens is 442 g/mol. The van der Waals surface area contributed by atoms with Gasteiger partial charge in [0.2, 0.25) is 0 Å². The van der Waals surface area contributed by atoms with Crippen LogP contribution in [-0.4, -0.2) is 88.2 Å². The van der Waals surface area contributed by atoms with Crippen LogP contribution in [0, 0.1) is 11.8 Å². The summed E-state index contributed by atoms with van der Waals surface area (Å²) in [7, 11) is 0. The van der Waals surface area contributed by atoms with E-state index in [1.54, 1.807) is 4.90 Å². The Hall–Kier alpha value is -2.84. The number of amides is 2. The Morgan fingerprint density at radius 3 is 2.34 bits per heavy atom. The summed E-state index contributed by atoms with van der Waals surface area (Å²) in [6.45, 7) is 4.15. The van der Waals surface area contributed by atoms with E-state index in [-0.39, 0.29) is 6.03 Å². The second kappa shape index (κ2) is 12.3. The Morgan fingerprint density at radius 1 is 1.09 bits per heavy atom. The summed E-state index contributed by atoms with van der Waals surface area (Å²) in [5.74, 6) is 2.89. The second-order valence-corrected chi connectivity index (χ2v) is 7.55. The number of aliphatic hydroxyl groups excluding tert-OH is 2. The highest BCUT2D eigenvalue weighted by atomic mass is 35.5. The van der Waals surface area contributed by atoms with Crippen LogP contribution in [0.15, 0.2) is 12.1 Å². The maximum atomic E-state index is 11.5. The van der Waals surface area contributed by atoms with Crippen molar-refractivity contribution in [3.63, 3.8) is 0 Å². The summed E-state index contributed by atoms with van der Waals surface area (Å²) in [6, 6.07) is 4.08. The summed E-state index contributed by atoms with van der Waals surface area (Å²) in [6.07, 6.45) is -1.87. The number of hydrogen-bond acceptors (Lipinski definition) is 6.